The van der Waals surface area contributed by atoms with Crippen LogP contribution in [0.25, 0.3) is 0 Å². The molecule has 1 aromatic carbocycles. The second kappa shape index (κ2) is 10.6. The van der Waals surface area contributed by atoms with Gasteiger partial charge in [0.1, 0.15) is 11.5 Å². The van der Waals surface area contributed by atoms with Gasteiger partial charge in [0.05, 0.1) is 12.9 Å². The molecule has 32 heavy (non-hydrogen) atoms. The van der Waals surface area contributed by atoms with E-state index in [0.717, 1.165) is 36.8 Å². The molecule has 0 spiro atoms. The van der Waals surface area contributed by atoms with Crippen LogP contribution in [-0.4, -0.2) is 19.5 Å². The van der Waals surface area contributed by atoms with Gasteiger partial charge < -0.3 is 9.47 Å². The second-order valence-corrected chi connectivity index (χ2v) is 7.10. The van der Waals surface area contributed by atoms with Gasteiger partial charge in [-0.05, 0) is 63.1 Å². The van der Waals surface area contributed by atoms with Crippen molar-refractivity contribution in [3.63, 3.8) is 0 Å². The predicted octanol–water partition coefficient (Wildman–Crippen LogP) is 8.00. The third-order valence-corrected chi connectivity index (χ3v) is 4.78. The van der Waals surface area contributed by atoms with Crippen LogP contribution in [0.5, 0.6) is 5.75 Å². The number of hydrogen-bond donors (Lipinski definition) is 0. The van der Waals surface area contributed by atoms with Crippen LogP contribution in [0.4, 0.5) is 26.3 Å². The van der Waals surface area contributed by atoms with Crippen LogP contribution in [-0.2, 0) is 4.74 Å². The summed E-state index contributed by atoms with van der Waals surface area (Å²) in [5.41, 5.74) is -5.37. The van der Waals surface area contributed by atoms with Gasteiger partial charge in [0.25, 0.3) is 0 Å². The second-order valence-electron chi connectivity index (χ2n) is 7.10. The molecule has 0 aliphatic rings. The minimum absolute atomic E-state index is 0.100. The van der Waals surface area contributed by atoms with Gasteiger partial charge in [-0.3, -0.25) is 0 Å². The fraction of sp³-hybridized carbons (Fsp3) is 0.333. The Morgan fingerprint density at radius 1 is 0.812 bits per heavy atom. The highest BCUT2D eigenvalue weighted by atomic mass is 19.4. The Morgan fingerprint density at radius 3 is 1.75 bits per heavy atom. The fourth-order valence-electron chi connectivity index (χ4n) is 2.98. The van der Waals surface area contributed by atoms with Crippen LogP contribution in [0.15, 0.2) is 83.9 Å². The van der Waals surface area contributed by atoms with E-state index in [1.54, 1.807) is 24.3 Å². The average Bonchev–Trinajstić information content (AvgIpc) is 2.68. The summed E-state index contributed by atoms with van der Waals surface area (Å²) in [6.07, 6.45) is -7.27. The average molecular weight is 460 g/mol. The van der Waals surface area contributed by atoms with E-state index in [4.69, 9.17) is 9.47 Å². The molecule has 0 amide bonds. The standard InChI is InChI=1S/C24H26F6O2/c1-7-20(13-12-19(5)32-21-14-8-16(2)9-15-21)22(23(25,26)27,24(28,29)30)17(3)10-11-18(4)31-6/h7-15H,1H2,2-6H3/b17-10+,18-11+,19-12+,20-13+. The lowest BCUT2D eigenvalue weighted by Gasteiger charge is -2.39. The van der Waals surface area contributed by atoms with E-state index in [1.807, 2.05) is 6.92 Å². The normalized spacial score (nSPS) is 15.0. The van der Waals surface area contributed by atoms with Crippen LogP contribution in [0.1, 0.15) is 26.3 Å². The zero-order chi connectivity index (χ0) is 24.7. The van der Waals surface area contributed by atoms with E-state index in [-0.39, 0.29) is 11.5 Å². The zero-order valence-corrected chi connectivity index (χ0v) is 18.5. The lowest BCUT2D eigenvalue weighted by Crippen LogP contribution is -2.52. The van der Waals surface area contributed by atoms with Crippen LogP contribution in [0, 0.1) is 12.3 Å². The molecule has 1 aromatic rings. The Labute approximate surface area is 184 Å². The van der Waals surface area contributed by atoms with Crippen molar-refractivity contribution in [3.05, 3.63) is 89.5 Å². The maximum atomic E-state index is 14.1. The molecule has 0 aromatic heterocycles. The maximum absolute atomic E-state index is 14.1. The number of methoxy groups -OCH3 is 1. The van der Waals surface area contributed by atoms with Crippen molar-refractivity contribution in [3.8, 4) is 5.75 Å². The highest BCUT2D eigenvalue weighted by Crippen LogP contribution is 2.59. The monoisotopic (exact) mass is 460 g/mol. The summed E-state index contributed by atoms with van der Waals surface area (Å²) in [6.45, 7) is 8.68. The number of halogens is 6. The Balaban J connectivity index is 3.64. The molecule has 176 valence electrons. The smallest absolute Gasteiger partial charge is 0.410 e. The first-order valence-corrected chi connectivity index (χ1v) is 9.49. The first kappa shape index (κ1) is 27.1. The van der Waals surface area contributed by atoms with E-state index in [0.29, 0.717) is 11.8 Å². The molecule has 0 saturated carbocycles. The molecule has 0 fully saturated rings. The molecule has 0 unspecified atom stereocenters. The Hall–Kier alpha value is -2.90. The third kappa shape index (κ3) is 6.08. The van der Waals surface area contributed by atoms with Crippen molar-refractivity contribution in [2.75, 3.05) is 7.11 Å². The van der Waals surface area contributed by atoms with Crippen LogP contribution in [0.2, 0.25) is 0 Å². The van der Waals surface area contributed by atoms with Gasteiger partial charge in [-0.1, -0.05) is 42.5 Å². The zero-order valence-electron chi connectivity index (χ0n) is 18.5. The van der Waals surface area contributed by atoms with Crippen molar-refractivity contribution in [1.29, 1.82) is 0 Å². The molecule has 1 rings (SSSR count). The van der Waals surface area contributed by atoms with Gasteiger partial charge in [0, 0.05) is 0 Å². The van der Waals surface area contributed by atoms with E-state index >= 15 is 0 Å². The lowest BCUT2D eigenvalue weighted by molar-refractivity contribution is -0.309. The molecule has 0 aliphatic carbocycles. The molecule has 0 N–H and O–H groups in total. The van der Waals surface area contributed by atoms with Gasteiger partial charge in [-0.2, -0.15) is 26.3 Å². The van der Waals surface area contributed by atoms with Gasteiger partial charge >= 0.3 is 12.4 Å². The van der Waals surface area contributed by atoms with Crippen LogP contribution >= 0.6 is 0 Å². The fourth-order valence-corrected chi connectivity index (χ4v) is 2.98. The molecule has 0 saturated heterocycles. The molecule has 8 heteroatoms. The molecule has 0 atom stereocenters. The molecule has 0 radical (unpaired) electrons. The number of rotatable bonds is 8. The first-order chi connectivity index (χ1) is 14.7. The topological polar surface area (TPSA) is 18.5 Å². The van der Waals surface area contributed by atoms with E-state index in [1.165, 1.54) is 21.0 Å². The van der Waals surface area contributed by atoms with Crippen molar-refractivity contribution in [1.82, 2.24) is 0 Å². The van der Waals surface area contributed by atoms with Crippen molar-refractivity contribution >= 4 is 0 Å². The van der Waals surface area contributed by atoms with Gasteiger partial charge in [0.15, 0.2) is 0 Å². The lowest BCUT2D eigenvalue weighted by atomic mass is 9.72. The molecule has 0 aliphatic heterocycles. The molecule has 2 nitrogen and oxygen atoms in total. The highest BCUT2D eigenvalue weighted by molar-refractivity contribution is 5.43. The van der Waals surface area contributed by atoms with Crippen molar-refractivity contribution in [2.24, 2.45) is 5.41 Å². The van der Waals surface area contributed by atoms with Crippen LogP contribution < -0.4 is 4.74 Å². The molecular formula is C24H26F6O2. The van der Waals surface area contributed by atoms with E-state index < -0.39 is 28.9 Å². The number of ether oxygens (including phenoxy) is 2. The van der Waals surface area contributed by atoms with Gasteiger partial charge in [-0.15, -0.1) is 0 Å². The van der Waals surface area contributed by atoms with Crippen molar-refractivity contribution in [2.45, 2.75) is 40.0 Å². The Morgan fingerprint density at radius 2 is 1.31 bits per heavy atom. The van der Waals surface area contributed by atoms with Gasteiger partial charge in [0.2, 0.25) is 5.41 Å². The molecule has 0 bridgehead atoms. The summed E-state index contributed by atoms with van der Waals surface area (Å²) in [5.74, 6) is 0.643. The summed E-state index contributed by atoms with van der Waals surface area (Å²) >= 11 is 0. The number of benzene rings is 1. The summed E-state index contributed by atoms with van der Waals surface area (Å²) in [5, 5.41) is 0. The predicted molar refractivity (Wildman–Crippen MR) is 113 cm³/mol. The SMILES string of the molecule is C=C/C(=C\C=C(/C)Oc1ccc(C)cc1)C(/C(C)=C/C=C(\C)OC)(C(F)(F)F)C(F)(F)F. The number of hydrogen-bond acceptors (Lipinski definition) is 2. The number of allylic oxidation sites excluding steroid dienone is 9. The minimum atomic E-state index is -5.69. The maximum Gasteiger partial charge on any atom is 0.410 e. The molecule has 0 heterocycles. The summed E-state index contributed by atoms with van der Waals surface area (Å²) < 4.78 is 95.0. The largest absolute Gasteiger partial charge is 0.501 e. The summed E-state index contributed by atoms with van der Waals surface area (Å²) in [7, 11) is 1.26. The van der Waals surface area contributed by atoms with Crippen LogP contribution in [0.3, 0.4) is 0 Å². The molecular weight excluding hydrogens is 434 g/mol. The Kier molecular flexibility index (Phi) is 9.00. The highest BCUT2D eigenvalue weighted by Gasteiger charge is 2.72. The number of aryl methyl sites for hydroxylation is 1. The summed E-state index contributed by atoms with van der Waals surface area (Å²) in [6, 6.07) is 6.79. The van der Waals surface area contributed by atoms with Crippen molar-refractivity contribution < 1.29 is 35.8 Å². The van der Waals surface area contributed by atoms with Gasteiger partial charge in [-0.25, -0.2) is 0 Å². The Bertz CT molecular complexity index is 899. The minimum Gasteiger partial charge on any atom is -0.501 e. The van der Waals surface area contributed by atoms with E-state index in [9.17, 15) is 26.3 Å². The number of alkyl halides is 6. The summed E-state index contributed by atoms with van der Waals surface area (Å²) in [4.78, 5) is 0. The quantitative estimate of drug-likeness (QED) is 0.222. The first-order valence-electron chi connectivity index (χ1n) is 9.49. The third-order valence-electron chi connectivity index (χ3n) is 4.78. The van der Waals surface area contributed by atoms with E-state index in [2.05, 4.69) is 6.58 Å².